The first-order chi connectivity index (χ1) is 12.5. The number of nitrogens with two attached hydrogens (primary N) is 1. The molecule has 0 bridgehead atoms. The Balaban J connectivity index is 1.80. The lowest BCUT2D eigenvalue weighted by atomic mass is 9.98. The summed E-state index contributed by atoms with van der Waals surface area (Å²) in [6, 6.07) is 8.72. The van der Waals surface area contributed by atoms with E-state index >= 15 is 0 Å². The van der Waals surface area contributed by atoms with Gasteiger partial charge in [-0.3, -0.25) is 4.79 Å². The summed E-state index contributed by atoms with van der Waals surface area (Å²) in [6.45, 7) is 1.41. The molecule has 3 N–H and O–H groups in total. The number of aromatic nitrogens is 2. The third-order valence-electron chi connectivity index (χ3n) is 4.50. The third kappa shape index (κ3) is 3.11. The van der Waals surface area contributed by atoms with Crippen molar-refractivity contribution in [1.82, 2.24) is 10.2 Å². The van der Waals surface area contributed by atoms with E-state index < -0.39 is 5.54 Å². The van der Waals surface area contributed by atoms with Gasteiger partial charge in [0.25, 0.3) is 0 Å². The molecule has 2 aromatic heterocycles. The van der Waals surface area contributed by atoms with E-state index in [4.69, 9.17) is 5.73 Å². The van der Waals surface area contributed by atoms with Gasteiger partial charge in [-0.1, -0.05) is 12.1 Å². The number of hydrogen-bond donors (Lipinski definition) is 2. The van der Waals surface area contributed by atoms with Crippen molar-refractivity contribution in [3.63, 3.8) is 0 Å². The van der Waals surface area contributed by atoms with Crippen LogP contribution in [0.25, 0.3) is 22.4 Å². The average Bonchev–Trinajstić information content (AvgIpc) is 3.12. The number of nitrogens with one attached hydrogen (secondary N) is 1. The van der Waals surface area contributed by atoms with Crippen LogP contribution < -0.4 is 11.1 Å². The maximum absolute atomic E-state index is 14.6. The molecule has 7 heteroatoms. The molecule has 5 nitrogen and oxygen atoms in total. The molecule has 3 aromatic rings. The summed E-state index contributed by atoms with van der Waals surface area (Å²) in [5.41, 5.74) is 9.04. The topological polar surface area (TPSA) is 80.9 Å². The van der Waals surface area contributed by atoms with E-state index in [0.29, 0.717) is 22.6 Å². The Morgan fingerprint density at radius 3 is 2.65 bits per heavy atom. The number of amides is 1. The minimum atomic E-state index is -0.528. The highest BCUT2D eigenvalue weighted by molar-refractivity contribution is 7.08. The first kappa shape index (κ1) is 16.8. The molecule has 0 radical (unpaired) electrons. The highest BCUT2D eigenvalue weighted by Gasteiger charge is 2.42. The van der Waals surface area contributed by atoms with Crippen molar-refractivity contribution in [1.29, 1.82) is 0 Å². The van der Waals surface area contributed by atoms with Crippen molar-refractivity contribution in [2.45, 2.75) is 25.3 Å². The Morgan fingerprint density at radius 1 is 1.23 bits per heavy atom. The van der Waals surface area contributed by atoms with Gasteiger partial charge in [-0.25, -0.2) is 4.39 Å². The molecule has 0 unspecified atom stereocenters. The molecule has 132 valence electrons. The molecule has 2 heterocycles. The van der Waals surface area contributed by atoms with Crippen LogP contribution in [-0.2, 0) is 10.3 Å². The summed E-state index contributed by atoms with van der Waals surface area (Å²) in [4.78, 5) is 11.3. The Morgan fingerprint density at radius 2 is 2.04 bits per heavy atom. The van der Waals surface area contributed by atoms with Crippen LogP contribution in [0.1, 0.15) is 25.3 Å². The second-order valence-electron chi connectivity index (χ2n) is 6.54. The number of halogens is 1. The lowest BCUT2D eigenvalue weighted by Gasteiger charge is -2.13. The molecule has 1 aromatic carbocycles. The minimum Gasteiger partial charge on any atom is -0.321 e. The first-order valence-corrected chi connectivity index (χ1v) is 9.18. The van der Waals surface area contributed by atoms with Crippen LogP contribution in [0, 0.1) is 5.82 Å². The predicted octanol–water partition coefficient (Wildman–Crippen LogP) is 3.92. The average molecular weight is 368 g/mol. The Hall–Kier alpha value is -2.64. The largest absolute Gasteiger partial charge is 0.321 e. The molecule has 0 spiro atoms. The number of rotatable bonds is 4. The molecule has 1 aliphatic carbocycles. The molecule has 1 amide bonds. The van der Waals surface area contributed by atoms with Crippen LogP contribution >= 0.6 is 11.3 Å². The molecule has 0 saturated heterocycles. The van der Waals surface area contributed by atoms with E-state index in [-0.39, 0.29) is 11.7 Å². The summed E-state index contributed by atoms with van der Waals surface area (Å²) < 4.78 is 14.6. The van der Waals surface area contributed by atoms with E-state index in [0.717, 1.165) is 24.0 Å². The monoisotopic (exact) mass is 368 g/mol. The van der Waals surface area contributed by atoms with Gasteiger partial charge in [0.05, 0.1) is 0 Å². The molecule has 4 rings (SSSR count). The van der Waals surface area contributed by atoms with Gasteiger partial charge in [0, 0.05) is 29.2 Å². The molecular weight excluding hydrogens is 351 g/mol. The van der Waals surface area contributed by atoms with Crippen LogP contribution in [0.5, 0.6) is 0 Å². The summed E-state index contributed by atoms with van der Waals surface area (Å²) in [7, 11) is 0. The highest BCUT2D eigenvalue weighted by atomic mass is 32.1. The zero-order valence-corrected chi connectivity index (χ0v) is 14.9. The number of hydrogen-bond acceptors (Lipinski definition) is 5. The molecule has 1 fully saturated rings. The molecule has 26 heavy (non-hydrogen) atoms. The number of thiophene rings is 1. The van der Waals surface area contributed by atoms with Crippen LogP contribution in [0.2, 0.25) is 0 Å². The van der Waals surface area contributed by atoms with Crippen LogP contribution in [0.3, 0.4) is 0 Å². The van der Waals surface area contributed by atoms with E-state index in [1.807, 2.05) is 22.9 Å². The fraction of sp³-hybridized carbons (Fsp3) is 0.211. The van der Waals surface area contributed by atoms with Crippen molar-refractivity contribution in [3.8, 4) is 22.4 Å². The quantitative estimate of drug-likeness (QED) is 0.731. The van der Waals surface area contributed by atoms with Gasteiger partial charge in [-0.05, 0) is 47.4 Å². The first-order valence-electron chi connectivity index (χ1n) is 8.23. The third-order valence-corrected chi connectivity index (χ3v) is 5.18. The summed E-state index contributed by atoms with van der Waals surface area (Å²) in [5.74, 6) is -0.193. The van der Waals surface area contributed by atoms with E-state index in [1.54, 1.807) is 23.5 Å². The lowest BCUT2D eigenvalue weighted by molar-refractivity contribution is -0.114. The molecule has 0 atom stereocenters. The number of nitrogens with zero attached hydrogens (tertiary/aromatic N) is 2. The SMILES string of the molecule is CC(=O)Nc1cc(-c2ccsc2)c(-c2ccc(C3(N)CC3)c(F)c2)nn1. The normalized spacial score (nSPS) is 14.9. The van der Waals surface area contributed by atoms with Gasteiger partial charge < -0.3 is 11.1 Å². The number of anilines is 1. The maximum atomic E-state index is 14.6. The van der Waals surface area contributed by atoms with Crippen LogP contribution in [0.4, 0.5) is 10.2 Å². The summed E-state index contributed by atoms with van der Waals surface area (Å²) in [5, 5.41) is 14.9. The van der Waals surface area contributed by atoms with Crippen molar-refractivity contribution in [2.24, 2.45) is 5.73 Å². The molecule has 1 saturated carbocycles. The van der Waals surface area contributed by atoms with Gasteiger partial charge >= 0.3 is 0 Å². The van der Waals surface area contributed by atoms with Gasteiger partial charge in [-0.2, -0.15) is 11.3 Å². The fourth-order valence-corrected chi connectivity index (χ4v) is 3.61. The molecule has 1 aliphatic rings. The van der Waals surface area contributed by atoms with Crippen molar-refractivity contribution >= 4 is 23.1 Å². The van der Waals surface area contributed by atoms with Gasteiger partial charge in [0.2, 0.25) is 5.91 Å². The summed E-state index contributed by atoms with van der Waals surface area (Å²) >= 11 is 1.55. The van der Waals surface area contributed by atoms with Gasteiger partial charge in [0.1, 0.15) is 11.5 Å². The minimum absolute atomic E-state index is 0.226. The van der Waals surface area contributed by atoms with Crippen molar-refractivity contribution < 1.29 is 9.18 Å². The zero-order valence-electron chi connectivity index (χ0n) is 14.1. The summed E-state index contributed by atoms with van der Waals surface area (Å²) in [6.07, 6.45) is 1.60. The zero-order chi connectivity index (χ0) is 18.3. The van der Waals surface area contributed by atoms with Crippen LogP contribution in [-0.4, -0.2) is 16.1 Å². The Labute approximate surface area is 154 Å². The van der Waals surface area contributed by atoms with Crippen molar-refractivity contribution in [3.05, 3.63) is 52.5 Å². The predicted molar refractivity (Wildman–Crippen MR) is 100 cm³/mol. The smallest absolute Gasteiger partial charge is 0.222 e. The van der Waals surface area contributed by atoms with Crippen LogP contribution in [0.15, 0.2) is 41.1 Å². The standard InChI is InChI=1S/C19H17FN4OS/c1-11(25)22-17-9-14(13-4-7-26-10-13)18(24-23-17)12-2-3-15(16(20)8-12)19(21)5-6-19/h2-4,7-10H,5-6,21H2,1H3,(H,22,23,25). The maximum Gasteiger partial charge on any atom is 0.222 e. The Kier molecular flexibility index (Phi) is 4.05. The number of benzene rings is 1. The van der Waals surface area contributed by atoms with Gasteiger partial charge in [-0.15, -0.1) is 10.2 Å². The number of carbonyl (C=O) groups is 1. The van der Waals surface area contributed by atoms with Crippen molar-refractivity contribution in [2.75, 3.05) is 5.32 Å². The fourth-order valence-electron chi connectivity index (χ4n) is 2.95. The second-order valence-corrected chi connectivity index (χ2v) is 7.32. The number of carbonyl (C=O) groups excluding carboxylic acids is 1. The van der Waals surface area contributed by atoms with Gasteiger partial charge in [0.15, 0.2) is 5.82 Å². The molecular formula is C19H17FN4OS. The van der Waals surface area contributed by atoms with E-state index in [2.05, 4.69) is 15.5 Å². The Bertz CT molecular complexity index is 983. The second kappa shape index (κ2) is 6.26. The van der Waals surface area contributed by atoms with E-state index in [1.165, 1.54) is 13.0 Å². The molecule has 0 aliphatic heterocycles. The van der Waals surface area contributed by atoms with E-state index in [9.17, 15) is 9.18 Å². The lowest BCUT2D eigenvalue weighted by Crippen LogP contribution is -2.20. The highest BCUT2D eigenvalue weighted by Crippen LogP contribution is 2.44.